The van der Waals surface area contributed by atoms with Crippen LogP contribution in [0.4, 0.5) is 4.39 Å². The van der Waals surface area contributed by atoms with Crippen molar-refractivity contribution < 1.29 is 19.0 Å². The zero-order chi connectivity index (χ0) is 21.3. The monoisotopic (exact) mass is 404 g/mol. The first-order valence-corrected chi connectivity index (χ1v) is 10.0. The first-order chi connectivity index (χ1) is 14.5. The van der Waals surface area contributed by atoms with E-state index in [1.807, 2.05) is 42.5 Å². The summed E-state index contributed by atoms with van der Waals surface area (Å²) in [6.45, 7) is 2.06. The highest BCUT2D eigenvalue weighted by Crippen LogP contribution is 2.25. The lowest BCUT2D eigenvalue weighted by molar-refractivity contribution is 0.101. The number of unbranched alkanes of at least 4 members (excludes halogenated alkanes) is 1. The Kier molecular flexibility index (Phi) is 7.39. The van der Waals surface area contributed by atoms with E-state index in [-0.39, 0.29) is 17.3 Å². The predicted molar refractivity (Wildman–Crippen MR) is 118 cm³/mol. The van der Waals surface area contributed by atoms with Crippen LogP contribution in [-0.4, -0.2) is 17.5 Å². The molecule has 0 amide bonds. The zero-order valence-corrected chi connectivity index (χ0v) is 17.0. The third-order valence-corrected chi connectivity index (χ3v) is 4.82. The van der Waals surface area contributed by atoms with Gasteiger partial charge in [-0.25, -0.2) is 4.39 Å². The topological polar surface area (TPSA) is 46.5 Å². The molecule has 3 nitrogen and oxygen atoms in total. The van der Waals surface area contributed by atoms with E-state index in [0.29, 0.717) is 17.7 Å². The second kappa shape index (κ2) is 10.4. The molecule has 0 aliphatic rings. The summed E-state index contributed by atoms with van der Waals surface area (Å²) >= 11 is 0. The fraction of sp³-hybridized carbons (Fsp3) is 0.192. The van der Waals surface area contributed by atoms with Crippen molar-refractivity contribution in [3.8, 4) is 11.5 Å². The van der Waals surface area contributed by atoms with E-state index in [0.717, 1.165) is 36.1 Å². The van der Waals surface area contributed by atoms with Gasteiger partial charge in [0.1, 0.15) is 17.3 Å². The van der Waals surface area contributed by atoms with Gasteiger partial charge in [0.05, 0.1) is 12.2 Å². The van der Waals surface area contributed by atoms with E-state index in [1.54, 1.807) is 24.3 Å². The molecule has 3 aromatic rings. The number of benzene rings is 3. The molecule has 0 heterocycles. The number of phenolic OH excluding ortho intramolecular Hbond substituents is 1. The van der Waals surface area contributed by atoms with Crippen LogP contribution < -0.4 is 4.74 Å². The van der Waals surface area contributed by atoms with Crippen LogP contribution in [0.15, 0.2) is 66.7 Å². The molecule has 4 heteroatoms. The van der Waals surface area contributed by atoms with Gasteiger partial charge in [-0.15, -0.1) is 0 Å². The quantitative estimate of drug-likeness (QED) is 0.258. The van der Waals surface area contributed by atoms with Crippen LogP contribution >= 0.6 is 0 Å². The van der Waals surface area contributed by atoms with E-state index < -0.39 is 0 Å². The van der Waals surface area contributed by atoms with Crippen LogP contribution in [0.1, 0.15) is 46.8 Å². The molecule has 3 aromatic carbocycles. The van der Waals surface area contributed by atoms with Gasteiger partial charge < -0.3 is 9.84 Å². The lowest BCUT2D eigenvalue weighted by Crippen LogP contribution is -1.98. The van der Waals surface area contributed by atoms with Crippen molar-refractivity contribution in [1.82, 2.24) is 0 Å². The Bertz CT molecular complexity index is 1010. The van der Waals surface area contributed by atoms with Gasteiger partial charge in [0.15, 0.2) is 5.78 Å². The van der Waals surface area contributed by atoms with E-state index in [2.05, 4.69) is 0 Å². The van der Waals surface area contributed by atoms with Gasteiger partial charge in [-0.1, -0.05) is 48.6 Å². The number of aryl methyl sites for hydroxylation is 1. The first-order valence-electron chi connectivity index (χ1n) is 10.0. The lowest BCUT2D eigenvalue weighted by atomic mass is 10.0. The van der Waals surface area contributed by atoms with Gasteiger partial charge in [0.2, 0.25) is 0 Å². The summed E-state index contributed by atoms with van der Waals surface area (Å²) in [7, 11) is 0. The van der Waals surface area contributed by atoms with Crippen LogP contribution in [-0.2, 0) is 6.42 Å². The number of carbonyl (C=O) groups is 1. The highest BCUT2D eigenvalue weighted by Gasteiger charge is 2.08. The number of hydrogen-bond acceptors (Lipinski definition) is 3. The maximum Gasteiger partial charge on any atom is 0.163 e. The molecule has 0 aliphatic heterocycles. The third kappa shape index (κ3) is 6.05. The van der Waals surface area contributed by atoms with Crippen molar-refractivity contribution in [2.45, 2.75) is 26.2 Å². The molecule has 0 aliphatic carbocycles. The number of halogens is 1. The second-order valence-corrected chi connectivity index (χ2v) is 7.13. The third-order valence-electron chi connectivity index (χ3n) is 4.82. The molecule has 154 valence electrons. The summed E-state index contributed by atoms with van der Waals surface area (Å²) in [6, 6.07) is 19.4. The van der Waals surface area contributed by atoms with Crippen molar-refractivity contribution in [3.63, 3.8) is 0 Å². The fourth-order valence-electron chi connectivity index (χ4n) is 3.11. The van der Waals surface area contributed by atoms with Gasteiger partial charge in [0.25, 0.3) is 0 Å². The Morgan fingerprint density at radius 1 is 0.967 bits per heavy atom. The fourth-order valence-corrected chi connectivity index (χ4v) is 3.11. The number of ether oxygens (including phenoxy) is 1. The smallest absolute Gasteiger partial charge is 0.163 e. The minimum Gasteiger partial charge on any atom is -0.507 e. The molecule has 0 fully saturated rings. The molecule has 0 radical (unpaired) electrons. The number of Topliss-reactive ketones (excluding diaryl/α,β-unsaturated/α-hetero) is 1. The molecule has 0 bridgehead atoms. The normalized spacial score (nSPS) is 11.0. The summed E-state index contributed by atoms with van der Waals surface area (Å²) in [5.41, 5.74) is 3.02. The maximum atomic E-state index is 12.9. The second-order valence-electron chi connectivity index (χ2n) is 7.13. The number of para-hydroxylation sites is 1. The maximum absolute atomic E-state index is 12.9. The van der Waals surface area contributed by atoms with E-state index in [9.17, 15) is 14.3 Å². The van der Waals surface area contributed by atoms with E-state index in [4.69, 9.17) is 4.74 Å². The van der Waals surface area contributed by atoms with Crippen molar-refractivity contribution >= 4 is 17.9 Å². The molecule has 0 saturated carbocycles. The molecule has 0 aromatic heterocycles. The molecule has 0 saturated heterocycles. The summed E-state index contributed by atoms with van der Waals surface area (Å²) in [4.78, 5) is 11.5. The number of hydrogen-bond donors (Lipinski definition) is 1. The molecule has 3 rings (SSSR count). The lowest BCUT2D eigenvalue weighted by Gasteiger charge is -2.07. The Morgan fingerprint density at radius 2 is 1.70 bits per heavy atom. The van der Waals surface area contributed by atoms with Crippen LogP contribution in [0.2, 0.25) is 0 Å². The Balaban J connectivity index is 1.47. The minimum atomic E-state index is -0.207. The molecule has 1 N–H and O–H groups in total. The molecule has 0 spiro atoms. The van der Waals surface area contributed by atoms with Crippen molar-refractivity contribution in [2.24, 2.45) is 0 Å². The Morgan fingerprint density at radius 3 is 2.40 bits per heavy atom. The van der Waals surface area contributed by atoms with Crippen molar-refractivity contribution in [1.29, 1.82) is 0 Å². The number of aromatic hydroxyl groups is 1. The summed E-state index contributed by atoms with van der Waals surface area (Å²) in [5.74, 6) is 0.431. The minimum absolute atomic E-state index is 0.00170. The molecular weight excluding hydrogens is 379 g/mol. The predicted octanol–water partition coefficient (Wildman–Crippen LogP) is 6.31. The summed E-state index contributed by atoms with van der Waals surface area (Å²) < 4.78 is 18.7. The number of phenols is 1. The average molecular weight is 404 g/mol. The molecular formula is C26H25FO3. The molecule has 0 unspecified atom stereocenters. The SMILES string of the molecule is CC(=O)c1cccc(/C=C/c2ccc(OCCCCc3ccc(F)cc3)cc2)c1O. The summed E-state index contributed by atoms with van der Waals surface area (Å²) in [6.07, 6.45) is 6.48. The Labute approximate surface area is 176 Å². The number of carbonyl (C=O) groups excluding carboxylic acids is 1. The first kappa shape index (κ1) is 21.3. The van der Waals surface area contributed by atoms with Gasteiger partial charge in [-0.05, 0) is 67.6 Å². The summed E-state index contributed by atoms with van der Waals surface area (Å²) in [5, 5.41) is 10.2. The van der Waals surface area contributed by atoms with Gasteiger partial charge in [-0.2, -0.15) is 0 Å². The van der Waals surface area contributed by atoms with Crippen LogP contribution in [0.5, 0.6) is 11.5 Å². The zero-order valence-electron chi connectivity index (χ0n) is 17.0. The van der Waals surface area contributed by atoms with Crippen LogP contribution in [0.25, 0.3) is 12.2 Å². The largest absolute Gasteiger partial charge is 0.507 e. The van der Waals surface area contributed by atoms with Gasteiger partial charge in [-0.3, -0.25) is 4.79 Å². The van der Waals surface area contributed by atoms with Gasteiger partial charge >= 0.3 is 0 Å². The van der Waals surface area contributed by atoms with Gasteiger partial charge in [0, 0.05) is 5.56 Å². The average Bonchev–Trinajstić information content (AvgIpc) is 2.75. The molecule has 30 heavy (non-hydrogen) atoms. The highest BCUT2D eigenvalue weighted by molar-refractivity contribution is 5.98. The van der Waals surface area contributed by atoms with E-state index >= 15 is 0 Å². The van der Waals surface area contributed by atoms with Crippen molar-refractivity contribution in [3.05, 3.63) is 94.8 Å². The highest BCUT2D eigenvalue weighted by atomic mass is 19.1. The Hall–Kier alpha value is -3.40. The van der Waals surface area contributed by atoms with E-state index in [1.165, 1.54) is 19.1 Å². The standard InChI is InChI=1S/C26H25FO3/c1-19(28)25-7-4-6-22(26(25)29)13-8-21-11-16-24(17-12-21)30-18-3-2-5-20-9-14-23(27)15-10-20/h4,6-17,29H,2-3,5,18H2,1H3/b13-8+. The van der Waals surface area contributed by atoms with Crippen molar-refractivity contribution in [2.75, 3.05) is 6.61 Å². The van der Waals surface area contributed by atoms with Crippen LogP contribution in [0.3, 0.4) is 0 Å². The molecule has 0 atom stereocenters. The number of rotatable bonds is 9. The number of ketones is 1. The van der Waals surface area contributed by atoms with Crippen LogP contribution in [0, 0.1) is 5.82 Å².